The third-order valence-corrected chi connectivity index (χ3v) is 5.76. The van der Waals surface area contributed by atoms with Crippen molar-refractivity contribution >= 4 is 11.6 Å². The maximum atomic E-state index is 13.0. The van der Waals surface area contributed by atoms with Gasteiger partial charge in [0.15, 0.2) is 0 Å². The first-order chi connectivity index (χ1) is 12.1. The summed E-state index contributed by atoms with van der Waals surface area (Å²) in [6, 6.07) is 6.67. The highest BCUT2D eigenvalue weighted by molar-refractivity contribution is 5.76. The Morgan fingerprint density at radius 1 is 1.28 bits per heavy atom. The fourth-order valence-corrected chi connectivity index (χ4v) is 4.09. The third kappa shape index (κ3) is 5.18. The van der Waals surface area contributed by atoms with E-state index in [4.69, 9.17) is 0 Å². The molecule has 5 heteroatoms. The van der Waals surface area contributed by atoms with Crippen molar-refractivity contribution in [2.45, 2.75) is 32.6 Å². The van der Waals surface area contributed by atoms with Crippen molar-refractivity contribution in [2.24, 2.45) is 17.8 Å². The summed E-state index contributed by atoms with van der Waals surface area (Å²) in [5.41, 5.74) is 1.06. The van der Waals surface area contributed by atoms with E-state index in [1.807, 2.05) is 12.1 Å². The SMILES string of the molecule is CC(CC(=O)NCC1CCN(c2ccc(F)cc2)C1)C1CCNCC1. The summed E-state index contributed by atoms with van der Waals surface area (Å²) in [6.45, 7) is 7.01. The molecule has 0 spiro atoms. The molecular formula is C20H30FN3O. The number of benzene rings is 1. The van der Waals surface area contributed by atoms with E-state index in [1.54, 1.807) is 0 Å². The van der Waals surface area contributed by atoms with E-state index < -0.39 is 0 Å². The molecule has 1 amide bonds. The molecule has 0 aromatic heterocycles. The van der Waals surface area contributed by atoms with E-state index >= 15 is 0 Å². The Hall–Kier alpha value is -1.62. The molecule has 2 unspecified atom stereocenters. The van der Waals surface area contributed by atoms with E-state index in [-0.39, 0.29) is 11.7 Å². The number of hydrogen-bond acceptors (Lipinski definition) is 3. The number of hydrogen-bond donors (Lipinski definition) is 2. The molecule has 4 nitrogen and oxygen atoms in total. The van der Waals surface area contributed by atoms with Crippen molar-refractivity contribution < 1.29 is 9.18 Å². The average Bonchev–Trinajstić information content (AvgIpc) is 3.10. The average molecular weight is 347 g/mol. The van der Waals surface area contributed by atoms with Gasteiger partial charge in [-0.15, -0.1) is 0 Å². The number of nitrogens with zero attached hydrogens (tertiary/aromatic N) is 1. The lowest BCUT2D eigenvalue weighted by Gasteiger charge is -2.28. The maximum Gasteiger partial charge on any atom is 0.220 e. The quantitative estimate of drug-likeness (QED) is 0.832. The molecule has 3 rings (SSSR count). The maximum absolute atomic E-state index is 13.0. The number of anilines is 1. The number of nitrogens with one attached hydrogen (secondary N) is 2. The molecular weight excluding hydrogens is 317 g/mol. The Kier molecular flexibility index (Phi) is 6.29. The molecule has 25 heavy (non-hydrogen) atoms. The van der Waals surface area contributed by atoms with Crippen LogP contribution < -0.4 is 15.5 Å². The van der Waals surface area contributed by atoms with E-state index in [9.17, 15) is 9.18 Å². The lowest BCUT2D eigenvalue weighted by molar-refractivity contribution is -0.122. The largest absolute Gasteiger partial charge is 0.371 e. The Labute approximate surface area is 150 Å². The molecule has 138 valence electrons. The van der Waals surface area contributed by atoms with Gasteiger partial charge in [0.05, 0.1) is 0 Å². The number of rotatable bonds is 6. The number of carbonyl (C=O) groups excluding carboxylic acids is 1. The number of piperidine rings is 1. The smallest absolute Gasteiger partial charge is 0.220 e. The molecule has 2 aliphatic rings. The van der Waals surface area contributed by atoms with Crippen molar-refractivity contribution in [2.75, 3.05) is 37.6 Å². The van der Waals surface area contributed by atoms with Crippen molar-refractivity contribution in [1.29, 1.82) is 0 Å². The third-order valence-electron chi connectivity index (χ3n) is 5.76. The Morgan fingerprint density at radius 3 is 2.72 bits per heavy atom. The fourth-order valence-electron chi connectivity index (χ4n) is 4.09. The summed E-state index contributed by atoms with van der Waals surface area (Å²) in [5.74, 6) is 1.60. The summed E-state index contributed by atoms with van der Waals surface area (Å²) in [6.07, 6.45) is 4.08. The van der Waals surface area contributed by atoms with Crippen LogP contribution in [0.3, 0.4) is 0 Å². The van der Waals surface area contributed by atoms with Crippen molar-refractivity contribution in [3.8, 4) is 0 Å². The zero-order valence-electron chi connectivity index (χ0n) is 15.1. The highest BCUT2D eigenvalue weighted by Gasteiger charge is 2.25. The van der Waals surface area contributed by atoms with Gasteiger partial charge in [0, 0.05) is 31.7 Å². The van der Waals surface area contributed by atoms with E-state index in [1.165, 1.54) is 25.0 Å². The molecule has 2 saturated heterocycles. The van der Waals surface area contributed by atoms with Crippen LogP contribution in [0.4, 0.5) is 10.1 Å². The minimum atomic E-state index is -0.199. The predicted octanol–water partition coefficient (Wildman–Crippen LogP) is 2.79. The number of amides is 1. The molecule has 1 aromatic carbocycles. The van der Waals surface area contributed by atoms with Crippen LogP contribution in [0, 0.1) is 23.6 Å². The van der Waals surface area contributed by atoms with Gasteiger partial charge < -0.3 is 15.5 Å². The van der Waals surface area contributed by atoms with Crippen LogP contribution in [-0.4, -0.2) is 38.6 Å². The predicted molar refractivity (Wildman–Crippen MR) is 99.1 cm³/mol. The van der Waals surface area contributed by atoms with Gasteiger partial charge in [-0.2, -0.15) is 0 Å². The summed E-state index contributed by atoms with van der Waals surface area (Å²) in [5, 5.41) is 6.51. The van der Waals surface area contributed by atoms with Crippen molar-refractivity contribution in [3.63, 3.8) is 0 Å². The van der Waals surface area contributed by atoms with Crippen LogP contribution in [0.5, 0.6) is 0 Å². The van der Waals surface area contributed by atoms with Gasteiger partial charge in [0.25, 0.3) is 0 Å². The zero-order valence-corrected chi connectivity index (χ0v) is 15.1. The van der Waals surface area contributed by atoms with Crippen LogP contribution in [-0.2, 0) is 4.79 Å². The monoisotopic (exact) mass is 347 g/mol. The lowest BCUT2D eigenvalue weighted by Crippen LogP contribution is -2.35. The van der Waals surface area contributed by atoms with Gasteiger partial charge in [0.1, 0.15) is 5.82 Å². The fraction of sp³-hybridized carbons (Fsp3) is 0.650. The number of carbonyl (C=O) groups is 1. The Morgan fingerprint density at radius 2 is 2.00 bits per heavy atom. The molecule has 1 aromatic rings. The van der Waals surface area contributed by atoms with Gasteiger partial charge in [0.2, 0.25) is 5.91 Å². The first kappa shape index (κ1) is 18.2. The molecule has 0 bridgehead atoms. The normalized spacial score (nSPS) is 22.8. The van der Waals surface area contributed by atoms with Gasteiger partial charge in [-0.3, -0.25) is 4.79 Å². The molecule has 2 atom stereocenters. The minimum absolute atomic E-state index is 0.186. The summed E-state index contributed by atoms with van der Waals surface area (Å²) >= 11 is 0. The minimum Gasteiger partial charge on any atom is -0.371 e. The zero-order chi connectivity index (χ0) is 17.6. The van der Waals surface area contributed by atoms with Crippen molar-refractivity contribution in [3.05, 3.63) is 30.1 Å². The molecule has 0 radical (unpaired) electrons. The van der Waals surface area contributed by atoms with E-state index in [2.05, 4.69) is 22.5 Å². The highest BCUT2D eigenvalue weighted by atomic mass is 19.1. The van der Waals surface area contributed by atoms with E-state index in [0.29, 0.717) is 24.2 Å². The first-order valence-electron chi connectivity index (χ1n) is 9.59. The molecule has 2 aliphatic heterocycles. The number of halogens is 1. The second-order valence-electron chi connectivity index (χ2n) is 7.65. The molecule has 2 N–H and O–H groups in total. The second kappa shape index (κ2) is 8.65. The standard InChI is InChI=1S/C20H30FN3O/c1-15(17-6-9-22-10-7-17)12-20(25)23-13-16-8-11-24(14-16)19-4-2-18(21)3-5-19/h2-5,15-17,22H,6-14H2,1H3,(H,23,25). The van der Waals surface area contributed by atoms with Crippen LogP contribution >= 0.6 is 0 Å². The van der Waals surface area contributed by atoms with Gasteiger partial charge in [-0.25, -0.2) is 4.39 Å². The Bertz CT molecular complexity index is 557. The van der Waals surface area contributed by atoms with Crippen molar-refractivity contribution in [1.82, 2.24) is 10.6 Å². The van der Waals surface area contributed by atoms with Crippen LogP contribution in [0.25, 0.3) is 0 Å². The van der Waals surface area contributed by atoms with E-state index in [0.717, 1.165) is 44.8 Å². The molecule has 2 heterocycles. The summed E-state index contributed by atoms with van der Waals surface area (Å²) in [4.78, 5) is 14.5. The summed E-state index contributed by atoms with van der Waals surface area (Å²) in [7, 11) is 0. The topological polar surface area (TPSA) is 44.4 Å². The Balaban J connectivity index is 1.38. The van der Waals surface area contributed by atoms with Crippen LogP contribution in [0.1, 0.15) is 32.6 Å². The van der Waals surface area contributed by atoms with Crippen LogP contribution in [0.15, 0.2) is 24.3 Å². The molecule has 0 saturated carbocycles. The van der Waals surface area contributed by atoms with Gasteiger partial charge in [-0.1, -0.05) is 6.92 Å². The first-order valence-corrected chi connectivity index (χ1v) is 9.59. The molecule has 0 aliphatic carbocycles. The molecule has 2 fully saturated rings. The van der Waals surface area contributed by atoms with Gasteiger partial charge >= 0.3 is 0 Å². The van der Waals surface area contributed by atoms with Gasteiger partial charge in [-0.05, 0) is 74.4 Å². The lowest BCUT2D eigenvalue weighted by atomic mass is 9.84. The summed E-state index contributed by atoms with van der Waals surface area (Å²) < 4.78 is 13.0. The van der Waals surface area contributed by atoms with Crippen LogP contribution in [0.2, 0.25) is 0 Å². The highest BCUT2D eigenvalue weighted by Crippen LogP contribution is 2.25. The second-order valence-corrected chi connectivity index (χ2v) is 7.65.